The monoisotopic (exact) mass is 281 g/mol. The van der Waals surface area contributed by atoms with Crippen molar-refractivity contribution >= 4 is 0 Å². The van der Waals surface area contributed by atoms with Crippen LogP contribution in [0.15, 0.2) is 24.3 Å². The number of benzene rings is 1. The van der Waals surface area contributed by atoms with Gasteiger partial charge in [-0.3, -0.25) is 0 Å². The molecule has 1 aliphatic carbocycles. The summed E-state index contributed by atoms with van der Waals surface area (Å²) in [4.78, 5) is 0. The van der Waals surface area contributed by atoms with E-state index in [9.17, 15) is 9.50 Å². The SMILES string of the molecule is OC(CNCCOC1CCCCC1)c1cccc(F)c1. The van der Waals surface area contributed by atoms with Gasteiger partial charge in [0.1, 0.15) is 5.82 Å². The fourth-order valence-corrected chi connectivity index (χ4v) is 2.60. The van der Waals surface area contributed by atoms with Crippen LogP contribution < -0.4 is 5.32 Å². The first-order valence-electron chi connectivity index (χ1n) is 7.51. The van der Waals surface area contributed by atoms with Crippen molar-refractivity contribution in [3.63, 3.8) is 0 Å². The largest absolute Gasteiger partial charge is 0.387 e. The van der Waals surface area contributed by atoms with Gasteiger partial charge in [0.2, 0.25) is 0 Å². The minimum Gasteiger partial charge on any atom is -0.387 e. The van der Waals surface area contributed by atoms with E-state index in [1.807, 2.05) is 0 Å². The van der Waals surface area contributed by atoms with E-state index < -0.39 is 6.10 Å². The zero-order valence-corrected chi connectivity index (χ0v) is 11.9. The van der Waals surface area contributed by atoms with Crippen LogP contribution in [0.4, 0.5) is 4.39 Å². The molecule has 1 aromatic carbocycles. The molecular weight excluding hydrogens is 257 g/mol. The third kappa shape index (κ3) is 5.19. The van der Waals surface area contributed by atoms with Crippen molar-refractivity contribution in [3.05, 3.63) is 35.6 Å². The predicted octanol–water partition coefficient (Wildman–Crippen LogP) is 2.80. The maximum absolute atomic E-state index is 13.0. The maximum atomic E-state index is 13.0. The van der Waals surface area contributed by atoms with Crippen LogP contribution in [0.25, 0.3) is 0 Å². The van der Waals surface area contributed by atoms with Crippen LogP contribution in [-0.4, -0.2) is 30.9 Å². The molecule has 3 nitrogen and oxygen atoms in total. The molecule has 0 aliphatic heterocycles. The highest BCUT2D eigenvalue weighted by Gasteiger charge is 2.13. The number of hydrogen-bond donors (Lipinski definition) is 2. The Labute approximate surface area is 120 Å². The van der Waals surface area contributed by atoms with Crippen LogP contribution in [0.1, 0.15) is 43.8 Å². The molecule has 4 heteroatoms. The van der Waals surface area contributed by atoms with Gasteiger partial charge in [-0.05, 0) is 30.5 Å². The fourth-order valence-electron chi connectivity index (χ4n) is 2.60. The zero-order chi connectivity index (χ0) is 14.2. The van der Waals surface area contributed by atoms with Crippen LogP contribution in [-0.2, 0) is 4.74 Å². The van der Waals surface area contributed by atoms with Crippen molar-refractivity contribution in [1.29, 1.82) is 0 Å². The quantitative estimate of drug-likeness (QED) is 0.755. The third-order valence-electron chi connectivity index (χ3n) is 3.76. The smallest absolute Gasteiger partial charge is 0.123 e. The van der Waals surface area contributed by atoms with Gasteiger partial charge in [-0.25, -0.2) is 4.39 Å². The summed E-state index contributed by atoms with van der Waals surface area (Å²) in [5, 5.41) is 13.1. The van der Waals surface area contributed by atoms with Crippen LogP contribution in [0.3, 0.4) is 0 Å². The molecule has 2 N–H and O–H groups in total. The average Bonchev–Trinajstić information content (AvgIpc) is 2.48. The number of halogens is 1. The van der Waals surface area contributed by atoms with Gasteiger partial charge in [0.25, 0.3) is 0 Å². The summed E-state index contributed by atoms with van der Waals surface area (Å²) in [6, 6.07) is 6.08. The van der Waals surface area contributed by atoms with Gasteiger partial charge in [0.05, 0.1) is 18.8 Å². The Kier molecular flexibility index (Phi) is 6.43. The minimum absolute atomic E-state index is 0.317. The van der Waals surface area contributed by atoms with Gasteiger partial charge >= 0.3 is 0 Å². The summed E-state index contributed by atoms with van der Waals surface area (Å²) in [7, 11) is 0. The van der Waals surface area contributed by atoms with Gasteiger partial charge in [-0.2, -0.15) is 0 Å². The maximum Gasteiger partial charge on any atom is 0.123 e. The second-order valence-corrected chi connectivity index (χ2v) is 5.41. The molecule has 1 atom stereocenters. The normalized spacial score (nSPS) is 18.1. The van der Waals surface area contributed by atoms with Gasteiger partial charge in [-0.15, -0.1) is 0 Å². The lowest BCUT2D eigenvalue weighted by atomic mass is 9.98. The summed E-state index contributed by atoms with van der Waals surface area (Å²) in [5.74, 6) is -0.317. The summed E-state index contributed by atoms with van der Waals surface area (Å²) < 4.78 is 18.8. The van der Waals surface area contributed by atoms with E-state index in [2.05, 4.69) is 5.32 Å². The molecule has 0 bridgehead atoms. The van der Waals surface area contributed by atoms with Gasteiger partial charge < -0.3 is 15.2 Å². The van der Waals surface area contributed by atoms with Crippen molar-refractivity contribution in [1.82, 2.24) is 5.32 Å². The number of ether oxygens (including phenoxy) is 1. The molecule has 0 radical (unpaired) electrons. The number of rotatable bonds is 7. The number of aliphatic hydroxyl groups is 1. The molecule has 0 saturated heterocycles. The van der Waals surface area contributed by atoms with Crippen LogP contribution in [0.5, 0.6) is 0 Å². The van der Waals surface area contributed by atoms with Crippen LogP contribution in [0, 0.1) is 5.82 Å². The van der Waals surface area contributed by atoms with Crippen molar-refractivity contribution in [2.45, 2.75) is 44.3 Å². The summed E-state index contributed by atoms with van der Waals surface area (Å²) >= 11 is 0. The second kappa shape index (κ2) is 8.35. The molecule has 0 heterocycles. The summed E-state index contributed by atoms with van der Waals surface area (Å²) in [6.07, 6.45) is 5.96. The molecule has 20 heavy (non-hydrogen) atoms. The summed E-state index contributed by atoms with van der Waals surface area (Å²) in [6.45, 7) is 1.79. The van der Waals surface area contributed by atoms with Gasteiger partial charge in [0.15, 0.2) is 0 Å². The predicted molar refractivity (Wildman–Crippen MR) is 77.1 cm³/mol. The highest BCUT2D eigenvalue weighted by molar-refractivity contribution is 5.18. The van der Waals surface area contributed by atoms with E-state index in [0.29, 0.717) is 31.4 Å². The molecular formula is C16H24FNO2. The second-order valence-electron chi connectivity index (χ2n) is 5.41. The van der Waals surface area contributed by atoms with Crippen LogP contribution in [0.2, 0.25) is 0 Å². The number of nitrogens with one attached hydrogen (secondary N) is 1. The first kappa shape index (κ1) is 15.4. The highest BCUT2D eigenvalue weighted by Crippen LogP contribution is 2.19. The molecule has 2 rings (SSSR count). The lowest BCUT2D eigenvalue weighted by molar-refractivity contribution is 0.0292. The lowest BCUT2D eigenvalue weighted by Crippen LogP contribution is -2.27. The molecule has 1 aromatic rings. The van der Waals surface area contributed by atoms with E-state index in [1.54, 1.807) is 12.1 Å². The molecule has 112 valence electrons. The Balaban J connectivity index is 1.58. The van der Waals surface area contributed by atoms with Crippen molar-refractivity contribution in [2.24, 2.45) is 0 Å². The van der Waals surface area contributed by atoms with E-state index in [-0.39, 0.29) is 5.82 Å². The Bertz CT molecular complexity index is 394. The van der Waals surface area contributed by atoms with E-state index >= 15 is 0 Å². The van der Waals surface area contributed by atoms with E-state index in [4.69, 9.17) is 4.74 Å². The first-order chi connectivity index (χ1) is 9.75. The molecule has 1 unspecified atom stereocenters. The average molecular weight is 281 g/mol. The Morgan fingerprint density at radius 1 is 1.30 bits per heavy atom. The van der Waals surface area contributed by atoms with Crippen LogP contribution >= 0.6 is 0 Å². The lowest BCUT2D eigenvalue weighted by Gasteiger charge is -2.22. The van der Waals surface area contributed by atoms with E-state index in [1.165, 1.54) is 44.2 Å². The Morgan fingerprint density at radius 3 is 2.85 bits per heavy atom. The first-order valence-corrected chi connectivity index (χ1v) is 7.51. The van der Waals surface area contributed by atoms with Crippen molar-refractivity contribution < 1.29 is 14.2 Å². The van der Waals surface area contributed by atoms with Gasteiger partial charge in [-0.1, -0.05) is 31.4 Å². The standard InChI is InChI=1S/C16H24FNO2/c17-14-6-4-5-13(11-14)16(19)12-18-9-10-20-15-7-2-1-3-8-15/h4-6,11,15-16,18-19H,1-3,7-10,12H2. The zero-order valence-electron chi connectivity index (χ0n) is 11.9. The molecule has 0 aromatic heterocycles. The Hall–Kier alpha value is -0.970. The molecule has 0 amide bonds. The molecule has 0 spiro atoms. The number of hydrogen-bond acceptors (Lipinski definition) is 3. The highest BCUT2D eigenvalue weighted by atomic mass is 19.1. The van der Waals surface area contributed by atoms with Gasteiger partial charge in [0, 0.05) is 13.1 Å². The molecule has 1 fully saturated rings. The third-order valence-corrected chi connectivity index (χ3v) is 3.76. The van der Waals surface area contributed by atoms with E-state index in [0.717, 1.165) is 0 Å². The topological polar surface area (TPSA) is 41.5 Å². The summed E-state index contributed by atoms with van der Waals surface area (Å²) in [5.41, 5.74) is 0.602. The Morgan fingerprint density at radius 2 is 2.10 bits per heavy atom. The van der Waals surface area contributed by atoms with Crippen molar-refractivity contribution in [3.8, 4) is 0 Å². The molecule has 1 aliphatic rings. The number of aliphatic hydroxyl groups excluding tert-OH is 1. The fraction of sp³-hybridized carbons (Fsp3) is 0.625. The minimum atomic E-state index is -0.680. The van der Waals surface area contributed by atoms with Crippen molar-refractivity contribution in [2.75, 3.05) is 19.7 Å². The molecule has 1 saturated carbocycles.